The lowest BCUT2D eigenvalue weighted by Gasteiger charge is -2.35. The lowest BCUT2D eigenvalue weighted by molar-refractivity contribution is -0.0108. The Bertz CT molecular complexity index is 502. The molecule has 0 bridgehead atoms. The van der Waals surface area contributed by atoms with E-state index in [0.717, 1.165) is 19.4 Å². The highest BCUT2D eigenvalue weighted by Crippen LogP contribution is 2.40. The molecule has 0 N–H and O–H groups in total. The number of amides is 2. The van der Waals surface area contributed by atoms with Gasteiger partial charge in [0.25, 0.3) is 5.89 Å². The van der Waals surface area contributed by atoms with Crippen molar-refractivity contribution in [3.8, 4) is 0 Å². The van der Waals surface area contributed by atoms with E-state index < -0.39 is 0 Å². The van der Waals surface area contributed by atoms with Gasteiger partial charge in [0.1, 0.15) is 6.10 Å². The van der Waals surface area contributed by atoms with Crippen LogP contribution < -0.4 is 0 Å². The lowest BCUT2D eigenvalue weighted by atomic mass is 9.92. The topological polar surface area (TPSA) is 71.7 Å². The Hall–Kier alpha value is -1.63. The summed E-state index contributed by atoms with van der Waals surface area (Å²) in [7, 11) is 3.54. The van der Waals surface area contributed by atoms with E-state index in [4.69, 9.17) is 9.26 Å². The molecule has 0 saturated carbocycles. The smallest absolute Gasteiger partial charge is 0.319 e. The second-order valence-electron chi connectivity index (χ2n) is 5.75. The SMILES string of the molecule is Cc1noc([C@@H]2C[C@H]3CCN(C(=O)N(C)C)C[C@@H]3O2)n1. The van der Waals surface area contributed by atoms with Gasteiger partial charge in [0, 0.05) is 27.2 Å². The van der Waals surface area contributed by atoms with E-state index in [-0.39, 0.29) is 18.2 Å². The van der Waals surface area contributed by atoms with Gasteiger partial charge in [-0.05, 0) is 25.7 Å². The van der Waals surface area contributed by atoms with Gasteiger partial charge in [0.2, 0.25) is 0 Å². The summed E-state index contributed by atoms with van der Waals surface area (Å²) in [5.41, 5.74) is 0. The third-order valence-electron chi connectivity index (χ3n) is 4.02. The predicted octanol–water partition coefficient (Wildman–Crippen LogP) is 1.21. The van der Waals surface area contributed by atoms with Crippen LogP contribution in [0.5, 0.6) is 0 Å². The minimum absolute atomic E-state index is 0.0455. The molecule has 2 aliphatic heterocycles. The van der Waals surface area contributed by atoms with E-state index in [2.05, 4.69) is 10.1 Å². The summed E-state index contributed by atoms with van der Waals surface area (Å²) in [6, 6.07) is 0.0455. The minimum atomic E-state index is -0.124. The highest BCUT2D eigenvalue weighted by Gasteiger charge is 2.42. The predicted molar refractivity (Wildman–Crippen MR) is 70.0 cm³/mol. The van der Waals surface area contributed by atoms with E-state index in [1.165, 1.54) is 0 Å². The highest BCUT2D eigenvalue weighted by atomic mass is 16.5. The summed E-state index contributed by atoms with van der Waals surface area (Å²) < 4.78 is 11.2. The minimum Gasteiger partial charge on any atom is -0.363 e. The average molecular weight is 280 g/mol. The summed E-state index contributed by atoms with van der Waals surface area (Å²) in [6.07, 6.45) is 1.81. The Morgan fingerprint density at radius 3 is 2.90 bits per heavy atom. The molecule has 20 heavy (non-hydrogen) atoms. The van der Waals surface area contributed by atoms with Crippen molar-refractivity contribution in [3.63, 3.8) is 0 Å². The number of urea groups is 1. The van der Waals surface area contributed by atoms with Crippen LogP contribution in [0.2, 0.25) is 0 Å². The second-order valence-corrected chi connectivity index (χ2v) is 5.75. The van der Waals surface area contributed by atoms with Gasteiger partial charge in [-0.2, -0.15) is 4.98 Å². The third kappa shape index (κ3) is 2.37. The molecule has 0 spiro atoms. The molecule has 1 aromatic heterocycles. The van der Waals surface area contributed by atoms with Crippen molar-refractivity contribution in [2.24, 2.45) is 5.92 Å². The molecule has 3 heterocycles. The van der Waals surface area contributed by atoms with E-state index in [0.29, 0.717) is 24.2 Å². The number of rotatable bonds is 1. The van der Waals surface area contributed by atoms with Crippen molar-refractivity contribution in [2.75, 3.05) is 27.2 Å². The van der Waals surface area contributed by atoms with Crippen LogP contribution in [0.4, 0.5) is 4.79 Å². The molecular weight excluding hydrogens is 260 g/mol. The first kappa shape index (κ1) is 13.4. The molecule has 0 aliphatic carbocycles. The van der Waals surface area contributed by atoms with Gasteiger partial charge in [0.05, 0.1) is 6.10 Å². The monoisotopic (exact) mass is 280 g/mol. The van der Waals surface area contributed by atoms with Gasteiger partial charge in [-0.3, -0.25) is 0 Å². The maximum atomic E-state index is 12.0. The van der Waals surface area contributed by atoms with Crippen LogP contribution in [-0.4, -0.2) is 59.3 Å². The fourth-order valence-corrected chi connectivity index (χ4v) is 2.99. The number of likely N-dealkylation sites (tertiary alicyclic amines) is 1. The zero-order chi connectivity index (χ0) is 14.3. The van der Waals surface area contributed by atoms with Crippen LogP contribution in [0, 0.1) is 12.8 Å². The molecule has 1 aromatic rings. The van der Waals surface area contributed by atoms with Gasteiger partial charge in [0.15, 0.2) is 5.82 Å². The number of nitrogens with zero attached hydrogens (tertiary/aromatic N) is 4. The molecule has 7 heteroatoms. The number of hydrogen-bond acceptors (Lipinski definition) is 5. The van der Waals surface area contributed by atoms with E-state index in [1.54, 1.807) is 25.9 Å². The number of carbonyl (C=O) groups is 1. The average Bonchev–Trinajstić information content (AvgIpc) is 3.02. The standard InChI is InChI=1S/C13H20N4O3/c1-8-14-12(20-15-8)10-6-9-4-5-17(7-11(9)19-10)13(18)16(2)3/h9-11H,4-7H2,1-3H3/t9-,10+,11+/m1/s1. The summed E-state index contributed by atoms with van der Waals surface area (Å²) in [5.74, 6) is 1.66. The normalized spacial score (nSPS) is 29.4. The summed E-state index contributed by atoms with van der Waals surface area (Å²) in [6.45, 7) is 3.23. The fraction of sp³-hybridized carbons (Fsp3) is 0.769. The molecule has 3 atom stereocenters. The summed E-state index contributed by atoms with van der Waals surface area (Å²) >= 11 is 0. The third-order valence-corrected chi connectivity index (χ3v) is 4.02. The first-order valence-corrected chi connectivity index (χ1v) is 6.96. The lowest BCUT2D eigenvalue weighted by Crippen LogP contribution is -2.48. The molecular formula is C13H20N4O3. The molecule has 2 saturated heterocycles. The summed E-state index contributed by atoms with van der Waals surface area (Å²) in [4.78, 5) is 19.7. The largest absolute Gasteiger partial charge is 0.363 e. The van der Waals surface area contributed by atoms with Crippen molar-refractivity contribution in [3.05, 3.63) is 11.7 Å². The number of fused-ring (bicyclic) bond motifs is 1. The number of hydrogen-bond donors (Lipinski definition) is 0. The van der Waals surface area contributed by atoms with E-state index in [1.807, 2.05) is 4.90 Å². The van der Waals surface area contributed by atoms with Gasteiger partial charge in [-0.25, -0.2) is 4.79 Å². The van der Waals surface area contributed by atoms with Gasteiger partial charge < -0.3 is 19.1 Å². The van der Waals surface area contributed by atoms with Gasteiger partial charge >= 0.3 is 6.03 Å². The van der Waals surface area contributed by atoms with Gasteiger partial charge in [-0.1, -0.05) is 5.16 Å². The number of ether oxygens (including phenoxy) is 1. The molecule has 7 nitrogen and oxygen atoms in total. The summed E-state index contributed by atoms with van der Waals surface area (Å²) in [5, 5.41) is 3.81. The first-order chi connectivity index (χ1) is 9.54. The molecule has 110 valence electrons. The molecule has 2 amide bonds. The van der Waals surface area contributed by atoms with Crippen LogP contribution in [0.25, 0.3) is 0 Å². The van der Waals surface area contributed by atoms with E-state index >= 15 is 0 Å². The highest BCUT2D eigenvalue weighted by molar-refractivity contribution is 5.74. The van der Waals surface area contributed by atoms with Crippen LogP contribution in [0.1, 0.15) is 30.7 Å². The number of aromatic nitrogens is 2. The van der Waals surface area contributed by atoms with Crippen molar-refractivity contribution in [1.29, 1.82) is 0 Å². The van der Waals surface area contributed by atoms with Crippen molar-refractivity contribution in [1.82, 2.24) is 19.9 Å². The maximum absolute atomic E-state index is 12.0. The van der Waals surface area contributed by atoms with Crippen LogP contribution in [0.15, 0.2) is 4.52 Å². The second kappa shape index (κ2) is 5.05. The Morgan fingerprint density at radius 1 is 1.45 bits per heavy atom. The zero-order valence-corrected chi connectivity index (χ0v) is 12.1. The molecule has 0 unspecified atom stereocenters. The Kier molecular flexibility index (Phi) is 3.37. The maximum Gasteiger partial charge on any atom is 0.319 e. The van der Waals surface area contributed by atoms with Crippen LogP contribution in [-0.2, 0) is 4.74 Å². The fourth-order valence-electron chi connectivity index (χ4n) is 2.99. The Labute approximate surface area is 117 Å². The van der Waals surface area contributed by atoms with Crippen LogP contribution in [0.3, 0.4) is 0 Å². The van der Waals surface area contributed by atoms with Crippen molar-refractivity contribution >= 4 is 6.03 Å². The molecule has 2 fully saturated rings. The molecule has 2 aliphatic rings. The molecule has 3 rings (SSSR count). The first-order valence-electron chi connectivity index (χ1n) is 6.96. The quantitative estimate of drug-likeness (QED) is 0.773. The van der Waals surface area contributed by atoms with Crippen molar-refractivity contribution in [2.45, 2.75) is 32.0 Å². The molecule has 0 aromatic carbocycles. The van der Waals surface area contributed by atoms with E-state index in [9.17, 15) is 4.79 Å². The number of aryl methyl sites for hydroxylation is 1. The Morgan fingerprint density at radius 2 is 2.25 bits per heavy atom. The Balaban J connectivity index is 1.65. The zero-order valence-electron chi connectivity index (χ0n) is 12.1. The van der Waals surface area contributed by atoms with Crippen molar-refractivity contribution < 1.29 is 14.1 Å². The molecule has 0 radical (unpaired) electrons. The number of carbonyl (C=O) groups excluding carboxylic acids is 1. The number of piperidine rings is 1. The van der Waals surface area contributed by atoms with Crippen LogP contribution >= 0.6 is 0 Å². The van der Waals surface area contributed by atoms with Gasteiger partial charge in [-0.15, -0.1) is 0 Å².